The molecule has 29 heavy (non-hydrogen) atoms. The first-order chi connectivity index (χ1) is 13.8. The lowest BCUT2D eigenvalue weighted by Gasteiger charge is -2.28. The molecule has 7 nitrogen and oxygen atoms in total. The fourth-order valence-electron chi connectivity index (χ4n) is 3.10. The van der Waals surface area contributed by atoms with Gasteiger partial charge >= 0.3 is 6.18 Å². The van der Waals surface area contributed by atoms with Crippen molar-refractivity contribution in [2.24, 2.45) is 0 Å². The van der Waals surface area contributed by atoms with Gasteiger partial charge in [-0.2, -0.15) is 28.6 Å². The molecule has 0 bridgehead atoms. The standard InChI is InChI=1S/C19H16F3N5O2/c1-10-3-2-4-13-14(10)23-17(24-18(13)28)16-15(25-27-26-16)11-5-7-12(8-6-11)29-9-19(20,21)22/h2-8,17,23H,9H2,1H3,(H,24,28)(H,25,26,27). The number of amides is 1. The topological polar surface area (TPSA) is 91.9 Å². The minimum Gasteiger partial charge on any atom is -0.484 e. The normalized spacial score (nSPS) is 16.0. The van der Waals surface area contributed by atoms with Crippen LogP contribution in [0.25, 0.3) is 11.3 Å². The minimum absolute atomic E-state index is 0.0877. The summed E-state index contributed by atoms with van der Waals surface area (Å²) in [6, 6.07) is 11.4. The molecule has 3 N–H and O–H groups in total. The second-order valence-electron chi connectivity index (χ2n) is 6.53. The molecule has 0 aliphatic carbocycles. The van der Waals surface area contributed by atoms with Crippen LogP contribution in [0.15, 0.2) is 42.5 Å². The number of alkyl halides is 3. The number of aromatic amines is 1. The van der Waals surface area contributed by atoms with Gasteiger partial charge in [-0.15, -0.1) is 0 Å². The number of fused-ring (bicyclic) bond motifs is 1. The van der Waals surface area contributed by atoms with Crippen LogP contribution >= 0.6 is 0 Å². The fraction of sp³-hybridized carbons (Fsp3) is 0.211. The predicted octanol–water partition coefficient (Wildman–Crippen LogP) is 3.58. The van der Waals surface area contributed by atoms with E-state index in [1.165, 1.54) is 12.1 Å². The molecule has 0 fully saturated rings. The third kappa shape index (κ3) is 3.86. The van der Waals surface area contributed by atoms with Gasteiger partial charge in [-0.3, -0.25) is 4.79 Å². The number of halogens is 3. The second-order valence-corrected chi connectivity index (χ2v) is 6.53. The summed E-state index contributed by atoms with van der Waals surface area (Å²) in [5, 5.41) is 16.9. The maximum atomic E-state index is 12.5. The molecule has 1 atom stereocenters. The molecule has 0 spiro atoms. The molecule has 0 saturated carbocycles. The van der Waals surface area contributed by atoms with Gasteiger partial charge in [0, 0.05) is 5.56 Å². The predicted molar refractivity (Wildman–Crippen MR) is 98.4 cm³/mol. The Bertz CT molecular complexity index is 1050. The molecule has 1 aliphatic rings. The molecule has 2 heterocycles. The van der Waals surface area contributed by atoms with Gasteiger partial charge in [-0.05, 0) is 42.8 Å². The first-order valence-electron chi connectivity index (χ1n) is 8.69. The molecule has 1 aromatic heterocycles. The van der Waals surface area contributed by atoms with Crippen LogP contribution in [0.4, 0.5) is 18.9 Å². The van der Waals surface area contributed by atoms with Crippen molar-refractivity contribution in [2.45, 2.75) is 19.3 Å². The van der Waals surface area contributed by atoms with E-state index >= 15 is 0 Å². The first kappa shape index (κ1) is 18.8. The van der Waals surface area contributed by atoms with Crippen LogP contribution < -0.4 is 15.4 Å². The lowest BCUT2D eigenvalue weighted by Crippen LogP contribution is -2.39. The van der Waals surface area contributed by atoms with Crippen LogP contribution in [0.3, 0.4) is 0 Å². The van der Waals surface area contributed by atoms with Crippen LogP contribution in [0.1, 0.15) is 27.8 Å². The number of ether oxygens (including phenoxy) is 1. The molecule has 10 heteroatoms. The number of hydrogen-bond acceptors (Lipinski definition) is 5. The Labute approximate surface area is 163 Å². The van der Waals surface area contributed by atoms with E-state index in [9.17, 15) is 18.0 Å². The average molecular weight is 403 g/mol. The number of aromatic nitrogens is 3. The summed E-state index contributed by atoms with van der Waals surface area (Å²) in [6.07, 6.45) is -5.02. The van der Waals surface area contributed by atoms with Crippen molar-refractivity contribution in [1.29, 1.82) is 0 Å². The zero-order chi connectivity index (χ0) is 20.6. The maximum absolute atomic E-state index is 12.5. The number of nitrogens with zero attached hydrogens (tertiary/aromatic N) is 2. The monoisotopic (exact) mass is 403 g/mol. The summed E-state index contributed by atoms with van der Waals surface area (Å²) in [5.74, 6) is -0.151. The number of benzene rings is 2. The molecule has 3 aromatic rings. The molecule has 1 aliphatic heterocycles. The Morgan fingerprint density at radius 3 is 2.55 bits per heavy atom. The quantitative estimate of drug-likeness (QED) is 0.619. The van der Waals surface area contributed by atoms with E-state index in [0.717, 1.165) is 5.56 Å². The molecule has 0 saturated heterocycles. The minimum atomic E-state index is -4.41. The van der Waals surface area contributed by atoms with Gasteiger partial charge in [-0.25, -0.2) is 0 Å². The van der Waals surface area contributed by atoms with Gasteiger partial charge < -0.3 is 15.4 Å². The van der Waals surface area contributed by atoms with E-state index in [0.29, 0.717) is 28.2 Å². The largest absolute Gasteiger partial charge is 0.484 e. The molecular weight excluding hydrogens is 387 g/mol. The van der Waals surface area contributed by atoms with Crippen molar-refractivity contribution >= 4 is 11.6 Å². The van der Waals surface area contributed by atoms with E-state index in [2.05, 4.69) is 26.0 Å². The van der Waals surface area contributed by atoms with E-state index < -0.39 is 18.9 Å². The number of anilines is 1. The van der Waals surface area contributed by atoms with E-state index in [-0.39, 0.29) is 11.7 Å². The van der Waals surface area contributed by atoms with Gasteiger partial charge in [0.05, 0.1) is 11.3 Å². The number of nitrogens with one attached hydrogen (secondary N) is 3. The molecule has 150 valence electrons. The zero-order valence-electron chi connectivity index (χ0n) is 15.2. The molecule has 1 amide bonds. The highest BCUT2D eigenvalue weighted by atomic mass is 19.4. The fourth-order valence-corrected chi connectivity index (χ4v) is 3.10. The van der Waals surface area contributed by atoms with Crippen LogP contribution in [0.5, 0.6) is 5.75 Å². The Kier molecular flexibility index (Phi) is 4.61. The highest BCUT2D eigenvalue weighted by Gasteiger charge is 2.30. The lowest BCUT2D eigenvalue weighted by molar-refractivity contribution is -0.153. The summed E-state index contributed by atoms with van der Waals surface area (Å²) in [6.45, 7) is 0.531. The Hall–Kier alpha value is -3.56. The molecular formula is C19H16F3N5O2. The first-order valence-corrected chi connectivity index (χ1v) is 8.69. The van der Waals surface area contributed by atoms with E-state index in [4.69, 9.17) is 4.74 Å². The maximum Gasteiger partial charge on any atom is 0.422 e. The van der Waals surface area contributed by atoms with Gasteiger partial charge in [-0.1, -0.05) is 12.1 Å². The lowest BCUT2D eigenvalue weighted by atomic mass is 10.0. The number of carbonyl (C=O) groups excluding carboxylic acids is 1. The average Bonchev–Trinajstić information content (AvgIpc) is 3.17. The van der Waals surface area contributed by atoms with Crippen LogP contribution in [-0.2, 0) is 0 Å². The highest BCUT2D eigenvalue weighted by molar-refractivity contribution is 6.02. The Morgan fingerprint density at radius 2 is 1.83 bits per heavy atom. The van der Waals surface area contributed by atoms with Crippen molar-refractivity contribution < 1.29 is 22.7 Å². The number of hydrogen-bond donors (Lipinski definition) is 3. The third-order valence-electron chi connectivity index (χ3n) is 4.46. The molecule has 2 aromatic carbocycles. The van der Waals surface area contributed by atoms with Gasteiger partial charge in [0.15, 0.2) is 6.61 Å². The summed E-state index contributed by atoms with van der Waals surface area (Å²) in [5.41, 5.74) is 3.69. The SMILES string of the molecule is Cc1cccc2c1NC(c1n[nH]nc1-c1ccc(OCC(F)(F)F)cc1)NC2=O. The van der Waals surface area contributed by atoms with E-state index in [1.807, 2.05) is 13.0 Å². The third-order valence-corrected chi connectivity index (χ3v) is 4.46. The van der Waals surface area contributed by atoms with Gasteiger partial charge in [0.25, 0.3) is 5.91 Å². The van der Waals surface area contributed by atoms with Crippen LogP contribution in [0.2, 0.25) is 0 Å². The number of carbonyl (C=O) groups is 1. The number of H-pyrrole nitrogens is 1. The summed E-state index contributed by atoms with van der Waals surface area (Å²) in [4.78, 5) is 12.5. The summed E-state index contributed by atoms with van der Waals surface area (Å²) < 4.78 is 41.6. The number of rotatable bonds is 4. The molecule has 1 unspecified atom stereocenters. The number of para-hydroxylation sites is 1. The zero-order valence-corrected chi connectivity index (χ0v) is 15.2. The van der Waals surface area contributed by atoms with Crippen molar-refractivity contribution in [3.05, 3.63) is 59.3 Å². The van der Waals surface area contributed by atoms with Gasteiger partial charge in [0.2, 0.25) is 0 Å². The van der Waals surface area contributed by atoms with Crippen molar-refractivity contribution in [2.75, 3.05) is 11.9 Å². The van der Waals surface area contributed by atoms with Crippen molar-refractivity contribution in [1.82, 2.24) is 20.7 Å². The van der Waals surface area contributed by atoms with Crippen LogP contribution in [0, 0.1) is 6.92 Å². The van der Waals surface area contributed by atoms with Crippen molar-refractivity contribution in [3.63, 3.8) is 0 Å². The highest BCUT2D eigenvalue weighted by Crippen LogP contribution is 2.32. The Morgan fingerprint density at radius 1 is 1.07 bits per heavy atom. The summed E-state index contributed by atoms with van der Waals surface area (Å²) in [7, 11) is 0. The number of aryl methyl sites for hydroxylation is 1. The second kappa shape index (κ2) is 7.12. The summed E-state index contributed by atoms with van der Waals surface area (Å²) >= 11 is 0. The van der Waals surface area contributed by atoms with Crippen LogP contribution in [-0.4, -0.2) is 34.1 Å². The molecule has 4 rings (SSSR count). The van der Waals surface area contributed by atoms with E-state index in [1.54, 1.807) is 24.3 Å². The van der Waals surface area contributed by atoms with Gasteiger partial charge in [0.1, 0.15) is 23.3 Å². The Balaban J connectivity index is 1.58. The van der Waals surface area contributed by atoms with Crippen molar-refractivity contribution in [3.8, 4) is 17.0 Å². The molecule has 0 radical (unpaired) electrons. The smallest absolute Gasteiger partial charge is 0.422 e.